The van der Waals surface area contributed by atoms with E-state index < -0.39 is 15.7 Å². The van der Waals surface area contributed by atoms with Gasteiger partial charge in [0, 0.05) is 0 Å². The average Bonchev–Trinajstić information content (AvgIpc) is 2.80. The molecule has 0 amide bonds. The van der Waals surface area contributed by atoms with E-state index in [4.69, 9.17) is 5.73 Å². The van der Waals surface area contributed by atoms with Crippen LogP contribution in [0.5, 0.6) is 0 Å². The Morgan fingerprint density at radius 2 is 1.86 bits per heavy atom. The summed E-state index contributed by atoms with van der Waals surface area (Å²) in [6.07, 6.45) is 1.32. The van der Waals surface area contributed by atoms with Crippen LogP contribution in [0.4, 0.5) is 11.5 Å². The molecule has 0 aliphatic heterocycles. The second kappa shape index (κ2) is 4.63. The zero-order valence-electron chi connectivity index (χ0n) is 10.6. The third-order valence-electron chi connectivity index (χ3n) is 2.84. The molecule has 0 aliphatic carbocycles. The third kappa shape index (κ3) is 2.58. The molecule has 8 nitrogen and oxygen atoms in total. The van der Waals surface area contributed by atoms with Crippen molar-refractivity contribution in [3.05, 3.63) is 47.0 Å². The number of imidazole rings is 1. The van der Waals surface area contributed by atoms with Gasteiger partial charge in [-0.2, -0.15) is 0 Å². The van der Waals surface area contributed by atoms with Gasteiger partial charge in [0.1, 0.15) is 5.82 Å². The summed E-state index contributed by atoms with van der Waals surface area (Å²) < 4.78 is 26.9. The molecule has 0 unspecified atom stereocenters. The number of H-pyrrole nitrogens is 2. The number of aromatic amines is 2. The lowest BCUT2D eigenvalue weighted by atomic mass is 10.3. The van der Waals surface area contributed by atoms with Gasteiger partial charge >= 0.3 is 5.69 Å². The quantitative estimate of drug-likeness (QED) is 0.563. The molecule has 0 saturated heterocycles. The van der Waals surface area contributed by atoms with Gasteiger partial charge in [-0.1, -0.05) is 0 Å². The molecule has 0 saturated carbocycles. The Morgan fingerprint density at radius 3 is 2.57 bits per heavy atom. The fourth-order valence-electron chi connectivity index (χ4n) is 1.86. The fraction of sp³-hybridized carbons (Fsp3) is 0. The Kier molecular flexibility index (Phi) is 2.91. The highest BCUT2D eigenvalue weighted by Gasteiger charge is 2.15. The lowest BCUT2D eigenvalue weighted by molar-refractivity contribution is 0.601. The normalized spacial score (nSPS) is 11.6. The lowest BCUT2D eigenvalue weighted by Crippen LogP contribution is -2.13. The van der Waals surface area contributed by atoms with Crippen molar-refractivity contribution < 1.29 is 8.42 Å². The van der Waals surface area contributed by atoms with Crippen LogP contribution in [0.1, 0.15) is 0 Å². The van der Waals surface area contributed by atoms with Crippen molar-refractivity contribution in [1.29, 1.82) is 0 Å². The number of nitrogen functional groups attached to an aromatic ring is 1. The Morgan fingerprint density at radius 1 is 1.10 bits per heavy atom. The summed E-state index contributed by atoms with van der Waals surface area (Å²) in [6, 6.07) is 7.30. The largest absolute Gasteiger partial charge is 0.384 e. The van der Waals surface area contributed by atoms with Crippen LogP contribution in [0.2, 0.25) is 0 Å². The molecular weight excluding hydrogens is 294 g/mol. The average molecular weight is 305 g/mol. The molecule has 0 atom stereocenters. The summed E-state index contributed by atoms with van der Waals surface area (Å²) in [4.78, 5) is 20.1. The lowest BCUT2D eigenvalue weighted by Gasteiger charge is -2.07. The first-order chi connectivity index (χ1) is 9.94. The van der Waals surface area contributed by atoms with E-state index in [-0.39, 0.29) is 4.90 Å². The van der Waals surface area contributed by atoms with Crippen LogP contribution >= 0.6 is 0 Å². The predicted octanol–water partition coefficient (Wildman–Crippen LogP) is 0.634. The minimum absolute atomic E-state index is 0.0297. The first-order valence-corrected chi connectivity index (χ1v) is 7.39. The molecule has 1 aromatic carbocycles. The smallest absolute Gasteiger partial charge is 0.323 e. The second-order valence-corrected chi connectivity index (χ2v) is 6.05. The molecule has 0 aliphatic rings. The van der Waals surface area contributed by atoms with Crippen molar-refractivity contribution in [2.75, 3.05) is 10.5 Å². The molecule has 0 radical (unpaired) electrons. The zero-order valence-corrected chi connectivity index (χ0v) is 11.4. The first-order valence-electron chi connectivity index (χ1n) is 5.90. The first kappa shape index (κ1) is 13.2. The van der Waals surface area contributed by atoms with Crippen molar-refractivity contribution in [1.82, 2.24) is 15.0 Å². The highest BCUT2D eigenvalue weighted by Crippen LogP contribution is 2.18. The number of nitrogens with one attached hydrogen (secondary N) is 3. The van der Waals surface area contributed by atoms with E-state index in [1.54, 1.807) is 0 Å². The Labute approximate surface area is 119 Å². The van der Waals surface area contributed by atoms with E-state index in [2.05, 4.69) is 19.7 Å². The standard InChI is InChI=1S/C12H11N5O3S/c13-11-4-1-7(6-14-11)17-21(19,20)8-2-3-9-10(5-8)16-12(18)15-9/h1-6,17H,(H2,13,14)(H2,15,16,18). The van der Waals surface area contributed by atoms with Crippen LogP contribution in [0.15, 0.2) is 46.2 Å². The molecule has 3 rings (SSSR count). The van der Waals surface area contributed by atoms with Crippen LogP contribution in [-0.2, 0) is 10.0 Å². The number of hydrogen-bond donors (Lipinski definition) is 4. The molecule has 0 spiro atoms. The van der Waals surface area contributed by atoms with Crippen molar-refractivity contribution >= 4 is 32.6 Å². The zero-order chi connectivity index (χ0) is 15.0. The maximum absolute atomic E-state index is 12.3. The van der Waals surface area contributed by atoms with Gasteiger partial charge in [0.2, 0.25) is 0 Å². The maximum Gasteiger partial charge on any atom is 0.323 e. The van der Waals surface area contributed by atoms with E-state index in [9.17, 15) is 13.2 Å². The molecule has 3 aromatic rings. The van der Waals surface area contributed by atoms with Gasteiger partial charge in [-0.05, 0) is 30.3 Å². The highest BCUT2D eigenvalue weighted by atomic mass is 32.2. The number of rotatable bonds is 3. The number of fused-ring (bicyclic) bond motifs is 1. The molecular formula is C12H11N5O3S. The van der Waals surface area contributed by atoms with Crippen molar-refractivity contribution in [3.8, 4) is 0 Å². The number of sulfonamides is 1. The van der Waals surface area contributed by atoms with Crippen LogP contribution in [-0.4, -0.2) is 23.4 Å². The summed E-state index contributed by atoms with van der Waals surface area (Å²) in [6.45, 7) is 0. The fourth-order valence-corrected chi connectivity index (χ4v) is 2.93. The number of nitrogens with two attached hydrogens (primary N) is 1. The van der Waals surface area contributed by atoms with Crippen LogP contribution in [0, 0.1) is 0 Å². The number of hydrogen-bond acceptors (Lipinski definition) is 5. The Hall–Kier alpha value is -2.81. The predicted molar refractivity (Wildman–Crippen MR) is 78.4 cm³/mol. The van der Waals surface area contributed by atoms with Gasteiger partial charge in [-0.3, -0.25) is 4.72 Å². The minimum atomic E-state index is -3.78. The Bertz CT molecular complexity index is 956. The van der Waals surface area contributed by atoms with Gasteiger partial charge in [0.15, 0.2) is 0 Å². The second-order valence-electron chi connectivity index (χ2n) is 4.36. The van der Waals surface area contributed by atoms with E-state index in [0.717, 1.165) is 0 Å². The summed E-state index contributed by atoms with van der Waals surface area (Å²) in [5, 5.41) is 0. The maximum atomic E-state index is 12.3. The molecule has 9 heteroatoms. The number of nitrogens with zero attached hydrogens (tertiary/aromatic N) is 1. The Balaban J connectivity index is 1.99. The SMILES string of the molecule is Nc1ccc(NS(=O)(=O)c2ccc3[nH]c(=O)[nH]c3c2)cn1. The molecule has 2 aromatic heterocycles. The molecule has 108 valence electrons. The van der Waals surface area contributed by atoms with Crippen molar-refractivity contribution in [2.45, 2.75) is 4.90 Å². The van der Waals surface area contributed by atoms with Gasteiger partial charge in [-0.15, -0.1) is 0 Å². The summed E-state index contributed by atoms with van der Waals surface area (Å²) in [5.74, 6) is 0.296. The van der Waals surface area contributed by atoms with Crippen LogP contribution < -0.4 is 16.1 Å². The molecule has 21 heavy (non-hydrogen) atoms. The molecule has 0 fully saturated rings. The van der Waals surface area contributed by atoms with Gasteiger partial charge < -0.3 is 15.7 Å². The molecule has 5 N–H and O–H groups in total. The summed E-state index contributed by atoms with van der Waals surface area (Å²) in [5.41, 5.74) is 6.30. The van der Waals surface area contributed by atoms with E-state index in [1.807, 2.05) is 0 Å². The van der Waals surface area contributed by atoms with E-state index in [1.165, 1.54) is 36.5 Å². The number of aromatic nitrogens is 3. The van der Waals surface area contributed by atoms with Gasteiger partial charge in [0.25, 0.3) is 10.0 Å². The number of pyridine rings is 1. The topological polar surface area (TPSA) is 134 Å². The van der Waals surface area contributed by atoms with Crippen molar-refractivity contribution in [2.24, 2.45) is 0 Å². The van der Waals surface area contributed by atoms with Gasteiger partial charge in [0.05, 0.1) is 27.8 Å². The minimum Gasteiger partial charge on any atom is -0.384 e. The summed E-state index contributed by atoms with van der Waals surface area (Å²) in [7, 11) is -3.78. The van der Waals surface area contributed by atoms with E-state index in [0.29, 0.717) is 22.5 Å². The van der Waals surface area contributed by atoms with Gasteiger partial charge in [-0.25, -0.2) is 18.2 Å². The highest BCUT2D eigenvalue weighted by molar-refractivity contribution is 7.92. The molecule has 2 heterocycles. The number of benzene rings is 1. The number of anilines is 2. The summed E-state index contributed by atoms with van der Waals surface area (Å²) >= 11 is 0. The van der Waals surface area contributed by atoms with Crippen LogP contribution in [0.25, 0.3) is 11.0 Å². The molecule has 0 bridgehead atoms. The van der Waals surface area contributed by atoms with Crippen molar-refractivity contribution in [3.63, 3.8) is 0 Å². The monoisotopic (exact) mass is 305 g/mol. The van der Waals surface area contributed by atoms with E-state index >= 15 is 0 Å². The third-order valence-corrected chi connectivity index (χ3v) is 4.22. The van der Waals surface area contributed by atoms with Crippen LogP contribution in [0.3, 0.4) is 0 Å².